The van der Waals surface area contributed by atoms with Gasteiger partial charge in [0, 0.05) is 18.9 Å². The molecule has 3 nitrogen and oxygen atoms in total. The number of aliphatic hydroxyl groups excluding tert-OH is 1. The number of aliphatic hydroxyl groups is 1. The van der Waals surface area contributed by atoms with E-state index >= 15 is 0 Å². The van der Waals surface area contributed by atoms with Crippen LogP contribution in [0.4, 0.5) is 4.39 Å². The third-order valence-corrected chi connectivity index (χ3v) is 3.46. The highest BCUT2D eigenvalue weighted by Gasteiger charge is 2.23. The Morgan fingerprint density at radius 3 is 2.88 bits per heavy atom. The van der Waals surface area contributed by atoms with Gasteiger partial charge in [-0.05, 0) is 27.6 Å². The molecule has 94 valence electrons. The topological polar surface area (TPSA) is 38.7 Å². The van der Waals surface area contributed by atoms with E-state index in [4.69, 9.17) is 14.6 Å². The molecule has 0 aliphatic carbocycles. The lowest BCUT2D eigenvalue weighted by atomic mass is 10.0. The van der Waals surface area contributed by atoms with E-state index in [0.717, 1.165) is 6.42 Å². The monoisotopic (exact) mass is 304 g/mol. The first-order chi connectivity index (χ1) is 8.15. The second-order valence-corrected chi connectivity index (χ2v) is 4.85. The molecule has 0 saturated heterocycles. The zero-order chi connectivity index (χ0) is 12.4. The van der Waals surface area contributed by atoms with Crippen LogP contribution in [-0.4, -0.2) is 24.9 Å². The number of benzene rings is 1. The average Bonchev–Trinajstić information content (AvgIpc) is 2.58. The Kier molecular flexibility index (Phi) is 3.89. The molecule has 1 atom stereocenters. The van der Waals surface area contributed by atoms with Crippen molar-refractivity contribution >= 4 is 15.9 Å². The number of rotatable bonds is 2. The second kappa shape index (κ2) is 5.23. The third-order valence-electron chi connectivity index (χ3n) is 2.75. The van der Waals surface area contributed by atoms with Crippen LogP contribution >= 0.6 is 15.9 Å². The smallest absolute Gasteiger partial charge is 0.178 e. The number of halogens is 2. The molecule has 0 bridgehead atoms. The van der Waals surface area contributed by atoms with Crippen molar-refractivity contribution in [3.8, 4) is 11.5 Å². The van der Waals surface area contributed by atoms with E-state index < -0.39 is 5.82 Å². The van der Waals surface area contributed by atoms with Gasteiger partial charge in [-0.1, -0.05) is 6.92 Å². The summed E-state index contributed by atoms with van der Waals surface area (Å²) in [5.41, 5.74) is 0.434. The fourth-order valence-electron chi connectivity index (χ4n) is 1.72. The summed E-state index contributed by atoms with van der Waals surface area (Å²) in [7, 11) is 0. The summed E-state index contributed by atoms with van der Waals surface area (Å²) in [6, 6.07) is 1.61. The first-order valence-corrected chi connectivity index (χ1v) is 6.32. The van der Waals surface area contributed by atoms with Crippen molar-refractivity contribution in [3.05, 3.63) is 21.9 Å². The minimum Gasteiger partial charge on any atom is -0.490 e. The van der Waals surface area contributed by atoms with Crippen LogP contribution in [0.1, 0.15) is 24.8 Å². The van der Waals surface area contributed by atoms with Crippen molar-refractivity contribution in [2.75, 3.05) is 19.8 Å². The maximum absolute atomic E-state index is 14.1. The first-order valence-electron chi connectivity index (χ1n) is 5.53. The normalized spacial score (nSPS) is 16.5. The highest BCUT2D eigenvalue weighted by Crippen LogP contribution is 2.42. The van der Waals surface area contributed by atoms with E-state index in [0.29, 0.717) is 30.3 Å². The van der Waals surface area contributed by atoms with E-state index in [-0.39, 0.29) is 17.0 Å². The van der Waals surface area contributed by atoms with Gasteiger partial charge in [0.05, 0.1) is 17.7 Å². The van der Waals surface area contributed by atoms with Crippen molar-refractivity contribution in [1.82, 2.24) is 0 Å². The molecule has 17 heavy (non-hydrogen) atoms. The fraction of sp³-hybridized carbons (Fsp3) is 0.500. The molecule has 1 N–H and O–H groups in total. The molecule has 1 unspecified atom stereocenters. The molecule has 1 aliphatic heterocycles. The van der Waals surface area contributed by atoms with E-state index in [9.17, 15) is 4.39 Å². The average molecular weight is 305 g/mol. The van der Waals surface area contributed by atoms with Crippen molar-refractivity contribution in [2.24, 2.45) is 0 Å². The molecule has 0 spiro atoms. The van der Waals surface area contributed by atoms with Gasteiger partial charge in [-0.3, -0.25) is 0 Å². The summed E-state index contributed by atoms with van der Waals surface area (Å²) in [5.74, 6) is 0.277. The van der Waals surface area contributed by atoms with Crippen molar-refractivity contribution in [3.63, 3.8) is 0 Å². The second-order valence-electron chi connectivity index (χ2n) is 4.06. The molecule has 0 amide bonds. The van der Waals surface area contributed by atoms with E-state index in [1.165, 1.54) is 0 Å². The zero-order valence-corrected chi connectivity index (χ0v) is 11.1. The molecule has 2 rings (SSSR count). The largest absolute Gasteiger partial charge is 0.490 e. The highest BCUT2D eigenvalue weighted by molar-refractivity contribution is 9.10. The molecular formula is C12H14BrFO3. The summed E-state index contributed by atoms with van der Waals surface area (Å²) in [5, 5.41) is 9.11. The first kappa shape index (κ1) is 12.6. The summed E-state index contributed by atoms with van der Waals surface area (Å²) >= 11 is 3.19. The van der Waals surface area contributed by atoms with Gasteiger partial charge >= 0.3 is 0 Å². The molecule has 1 aromatic carbocycles. The van der Waals surface area contributed by atoms with Crippen LogP contribution in [0.2, 0.25) is 0 Å². The van der Waals surface area contributed by atoms with Gasteiger partial charge < -0.3 is 14.6 Å². The Bertz CT molecular complexity index is 423. The molecule has 0 radical (unpaired) electrons. The zero-order valence-electron chi connectivity index (χ0n) is 9.50. The SMILES string of the molecule is CC(CO)c1cc2c(c(Br)c1F)OCCCO2. The van der Waals surface area contributed by atoms with Gasteiger partial charge in [0.2, 0.25) is 0 Å². The van der Waals surface area contributed by atoms with E-state index in [1.54, 1.807) is 13.0 Å². The molecule has 0 fully saturated rings. The lowest BCUT2D eigenvalue weighted by Gasteiger charge is -2.16. The van der Waals surface area contributed by atoms with Gasteiger partial charge in [-0.2, -0.15) is 0 Å². The molecular weight excluding hydrogens is 291 g/mol. The van der Waals surface area contributed by atoms with Gasteiger partial charge in [-0.15, -0.1) is 0 Å². The molecule has 5 heteroatoms. The van der Waals surface area contributed by atoms with Crippen molar-refractivity contribution < 1.29 is 19.0 Å². The third kappa shape index (κ3) is 2.40. The minimum absolute atomic E-state index is 0.108. The Balaban J connectivity index is 2.51. The maximum atomic E-state index is 14.1. The van der Waals surface area contributed by atoms with Crippen LogP contribution in [0.15, 0.2) is 10.5 Å². The number of hydrogen-bond acceptors (Lipinski definition) is 3. The summed E-state index contributed by atoms with van der Waals surface area (Å²) in [4.78, 5) is 0. The summed E-state index contributed by atoms with van der Waals surface area (Å²) in [6.45, 7) is 2.72. The van der Waals surface area contributed by atoms with Crippen molar-refractivity contribution in [2.45, 2.75) is 19.3 Å². The standard InChI is InChI=1S/C12H14BrFO3/c1-7(6-15)8-5-9-12(10(13)11(8)14)17-4-2-3-16-9/h5,7,15H,2-4,6H2,1H3. The Morgan fingerprint density at radius 2 is 2.18 bits per heavy atom. The highest BCUT2D eigenvalue weighted by atomic mass is 79.9. The number of fused-ring (bicyclic) bond motifs is 1. The lowest BCUT2D eigenvalue weighted by molar-refractivity contribution is 0.269. The fourth-order valence-corrected chi connectivity index (χ4v) is 2.26. The van der Waals surface area contributed by atoms with Crippen LogP contribution in [0.5, 0.6) is 11.5 Å². The molecule has 1 aliphatic rings. The summed E-state index contributed by atoms with van der Waals surface area (Å²) < 4.78 is 25.3. The van der Waals surface area contributed by atoms with Crippen LogP contribution in [0.3, 0.4) is 0 Å². The van der Waals surface area contributed by atoms with Crippen LogP contribution in [-0.2, 0) is 0 Å². The lowest BCUT2D eigenvalue weighted by Crippen LogP contribution is -2.05. The Morgan fingerprint density at radius 1 is 1.47 bits per heavy atom. The van der Waals surface area contributed by atoms with E-state index in [1.807, 2.05) is 0 Å². The molecule has 1 heterocycles. The van der Waals surface area contributed by atoms with Crippen LogP contribution in [0, 0.1) is 5.82 Å². The Hall–Kier alpha value is -0.810. The van der Waals surface area contributed by atoms with Crippen LogP contribution in [0.25, 0.3) is 0 Å². The van der Waals surface area contributed by atoms with Crippen LogP contribution < -0.4 is 9.47 Å². The van der Waals surface area contributed by atoms with Gasteiger partial charge in [0.15, 0.2) is 11.5 Å². The van der Waals surface area contributed by atoms with Gasteiger partial charge in [0.25, 0.3) is 0 Å². The predicted molar refractivity (Wildman–Crippen MR) is 65.2 cm³/mol. The van der Waals surface area contributed by atoms with Crippen molar-refractivity contribution in [1.29, 1.82) is 0 Å². The molecule has 1 aromatic rings. The van der Waals surface area contributed by atoms with Gasteiger partial charge in [0.1, 0.15) is 5.82 Å². The van der Waals surface area contributed by atoms with Gasteiger partial charge in [-0.25, -0.2) is 4.39 Å². The number of hydrogen-bond donors (Lipinski definition) is 1. The Labute approximate surface area is 108 Å². The predicted octanol–water partition coefficient (Wildman–Crippen LogP) is 2.85. The molecule has 0 saturated carbocycles. The van der Waals surface area contributed by atoms with E-state index in [2.05, 4.69) is 15.9 Å². The molecule has 0 aromatic heterocycles. The minimum atomic E-state index is -0.393. The maximum Gasteiger partial charge on any atom is 0.178 e. The number of ether oxygens (including phenoxy) is 2. The quantitative estimate of drug-likeness (QED) is 0.913. The summed E-state index contributed by atoms with van der Waals surface area (Å²) in [6.07, 6.45) is 0.771.